The Morgan fingerprint density at radius 1 is 1.50 bits per heavy atom. The van der Waals surface area contributed by atoms with Crippen molar-refractivity contribution in [3.8, 4) is 0 Å². The lowest BCUT2D eigenvalue weighted by Gasteiger charge is -2.41. The van der Waals surface area contributed by atoms with E-state index in [0.29, 0.717) is 5.02 Å². The van der Waals surface area contributed by atoms with Crippen LogP contribution >= 0.6 is 11.6 Å². The predicted octanol–water partition coefficient (Wildman–Crippen LogP) is 3.73. The maximum atomic E-state index is 11.5. The molecule has 1 aromatic rings. The second-order valence-electron chi connectivity index (χ2n) is 5.36. The first-order chi connectivity index (χ1) is 9.47. The van der Waals surface area contributed by atoms with E-state index in [4.69, 9.17) is 16.3 Å². The Bertz CT molecular complexity index is 504. The third kappa shape index (κ3) is 2.63. The Kier molecular flexibility index (Phi) is 4.55. The summed E-state index contributed by atoms with van der Waals surface area (Å²) in [6, 6.07) is 5.48. The van der Waals surface area contributed by atoms with E-state index < -0.39 is 6.09 Å². The molecular formula is C15H20ClNO3. The molecule has 110 valence electrons. The second kappa shape index (κ2) is 6.02. The molecule has 0 spiro atoms. The van der Waals surface area contributed by atoms with Gasteiger partial charge in [0.2, 0.25) is 0 Å². The SMILES string of the molecule is CO[C@H]1c2c(Cl)cccc2CC[C@H]1N(C(=O)O)C(C)C. The zero-order valence-electron chi connectivity index (χ0n) is 12.0. The van der Waals surface area contributed by atoms with E-state index in [1.54, 1.807) is 7.11 Å². The summed E-state index contributed by atoms with van der Waals surface area (Å²) >= 11 is 6.30. The largest absolute Gasteiger partial charge is 0.465 e. The van der Waals surface area contributed by atoms with Gasteiger partial charge in [0.05, 0.1) is 6.04 Å². The lowest BCUT2D eigenvalue weighted by atomic mass is 9.84. The van der Waals surface area contributed by atoms with Gasteiger partial charge < -0.3 is 9.84 Å². The summed E-state index contributed by atoms with van der Waals surface area (Å²) in [7, 11) is 1.61. The zero-order valence-corrected chi connectivity index (χ0v) is 12.7. The number of ether oxygens (including phenoxy) is 1. The second-order valence-corrected chi connectivity index (χ2v) is 5.77. The number of benzene rings is 1. The van der Waals surface area contributed by atoms with E-state index in [-0.39, 0.29) is 18.2 Å². The van der Waals surface area contributed by atoms with Crippen molar-refractivity contribution in [3.63, 3.8) is 0 Å². The molecule has 0 bridgehead atoms. The van der Waals surface area contributed by atoms with E-state index >= 15 is 0 Å². The van der Waals surface area contributed by atoms with Crippen molar-refractivity contribution in [2.75, 3.05) is 7.11 Å². The Labute approximate surface area is 124 Å². The molecule has 0 saturated heterocycles. The average Bonchev–Trinajstić information content (AvgIpc) is 2.38. The molecule has 1 aliphatic carbocycles. The number of carboxylic acid groups (broad SMARTS) is 1. The van der Waals surface area contributed by atoms with Crippen molar-refractivity contribution >= 4 is 17.7 Å². The molecule has 4 nitrogen and oxygen atoms in total. The van der Waals surface area contributed by atoms with Gasteiger partial charge in [-0.25, -0.2) is 4.79 Å². The minimum absolute atomic E-state index is 0.0980. The van der Waals surface area contributed by atoms with E-state index in [1.807, 2.05) is 32.0 Å². The van der Waals surface area contributed by atoms with Gasteiger partial charge in [0, 0.05) is 23.7 Å². The van der Waals surface area contributed by atoms with Crippen LogP contribution in [0.5, 0.6) is 0 Å². The number of amides is 1. The standard InChI is InChI=1S/C15H20ClNO3/c1-9(2)17(15(18)19)12-8-7-10-5-4-6-11(16)13(10)14(12)20-3/h4-6,9,12,14H,7-8H2,1-3H3,(H,18,19)/t12-,14-/m1/s1. The number of hydrogen-bond acceptors (Lipinski definition) is 2. The molecule has 1 aliphatic rings. The Hall–Kier alpha value is -1.26. The monoisotopic (exact) mass is 297 g/mol. The van der Waals surface area contributed by atoms with Gasteiger partial charge in [0.15, 0.2) is 0 Å². The topological polar surface area (TPSA) is 49.8 Å². The Morgan fingerprint density at radius 3 is 2.75 bits per heavy atom. The number of fused-ring (bicyclic) bond motifs is 1. The van der Waals surface area contributed by atoms with Gasteiger partial charge >= 0.3 is 6.09 Å². The lowest BCUT2D eigenvalue weighted by molar-refractivity contribution is -0.00305. The van der Waals surface area contributed by atoms with Crippen molar-refractivity contribution in [3.05, 3.63) is 34.3 Å². The highest BCUT2D eigenvalue weighted by Gasteiger charge is 2.38. The molecule has 1 N–H and O–H groups in total. The highest BCUT2D eigenvalue weighted by atomic mass is 35.5. The summed E-state index contributed by atoms with van der Waals surface area (Å²) < 4.78 is 5.60. The molecular weight excluding hydrogens is 278 g/mol. The highest BCUT2D eigenvalue weighted by Crippen LogP contribution is 2.39. The molecule has 1 amide bonds. The van der Waals surface area contributed by atoms with Crippen molar-refractivity contribution in [1.82, 2.24) is 4.90 Å². The maximum Gasteiger partial charge on any atom is 0.407 e. The van der Waals surface area contributed by atoms with Crippen LogP contribution < -0.4 is 0 Å². The third-order valence-corrected chi connectivity index (χ3v) is 4.20. The smallest absolute Gasteiger partial charge is 0.407 e. The van der Waals surface area contributed by atoms with E-state index in [9.17, 15) is 9.90 Å². The van der Waals surface area contributed by atoms with Crippen molar-refractivity contribution in [2.24, 2.45) is 0 Å². The van der Waals surface area contributed by atoms with E-state index in [1.165, 1.54) is 4.90 Å². The molecule has 0 aliphatic heterocycles. The molecule has 0 unspecified atom stereocenters. The van der Waals surface area contributed by atoms with Gasteiger partial charge in [-0.2, -0.15) is 0 Å². The quantitative estimate of drug-likeness (QED) is 0.925. The minimum Gasteiger partial charge on any atom is -0.465 e. The molecule has 0 fully saturated rings. The summed E-state index contributed by atoms with van der Waals surface area (Å²) in [5.41, 5.74) is 2.08. The molecule has 0 heterocycles. The Morgan fingerprint density at radius 2 is 2.20 bits per heavy atom. The van der Waals surface area contributed by atoms with Crippen LogP contribution in [0.3, 0.4) is 0 Å². The summed E-state index contributed by atoms with van der Waals surface area (Å²) in [4.78, 5) is 13.0. The van der Waals surface area contributed by atoms with Gasteiger partial charge in [0.25, 0.3) is 0 Å². The van der Waals surface area contributed by atoms with Crippen LogP contribution in [-0.2, 0) is 11.2 Å². The van der Waals surface area contributed by atoms with Gasteiger partial charge in [0.1, 0.15) is 6.10 Å². The van der Waals surface area contributed by atoms with Gasteiger partial charge in [-0.1, -0.05) is 23.7 Å². The number of halogens is 1. The average molecular weight is 298 g/mol. The molecule has 20 heavy (non-hydrogen) atoms. The van der Waals surface area contributed by atoms with E-state index in [0.717, 1.165) is 24.0 Å². The third-order valence-electron chi connectivity index (χ3n) is 3.88. The number of rotatable bonds is 3. The van der Waals surface area contributed by atoms with Crippen LogP contribution in [0.25, 0.3) is 0 Å². The maximum absolute atomic E-state index is 11.5. The molecule has 0 aromatic heterocycles. The predicted molar refractivity (Wildman–Crippen MR) is 78.3 cm³/mol. The molecule has 0 radical (unpaired) electrons. The molecule has 5 heteroatoms. The van der Waals surface area contributed by atoms with Crippen LogP contribution in [-0.4, -0.2) is 35.3 Å². The normalized spacial score (nSPS) is 21.6. The number of hydrogen-bond donors (Lipinski definition) is 1. The van der Waals surface area contributed by atoms with Crippen LogP contribution in [0.15, 0.2) is 18.2 Å². The highest BCUT2D eigenvalue weighted by molar-refractivity contribution is 6.31. The van der Waals surface area contributed by atoms with Crippen molar-refractivity contribution in [2.45, 2.75) is 44.9 Å². The van der Waals surface area contributed by atoms with Crippen LogP contribution in [0, 0.1) is 0 Å². The van der Waals surface area contributed by atoms with Crippen molar-refractivity contribution in [1.29, 1.82) is 0 Å². The first-order valence-electron chi connectivity index (χ1n) is 6.78. The number of carbonyl (C=O) groups is 1. The summed E-state index contributed by atoms with van der Waals surface area (Å²) in [6.45, 7) is 3.76. The van der Waals surface area contributed by atoms with Gasteiger partial charge in [-0.05, 0) is 38.3 Å². The Balaban J connectivity index is 2.43. The summed E-state index contributed by atoms with van der Waals surface area (Å²) in [5.74, 6) is 0. The fourth-order valence-corrected chi connectivity index (χ4v) is 3.37. The lowest BCUT2D eigenvalue weighted by Crippen LogP contribution is -2.49. The first-order valence-corrected chi connectivity index (χ1v) is 7.16. The molecule has 0 saturated carbocycles. The zero-order chi connectivity index (χ0) is 14.9. The van der Waals surface area contributed by atoms with Crippen LogP contribution in [0.2, 0.25) is 5.02 Å². The molecule has 2 atom stereocenters. The van der Waals surface area contributed by atoms with Gasteiger partial charge in [-0.3, -0.25) is 4.90 Å². The number of nitrogens with zero attached hydrogens (tertiary/aromatic N) is 1. The van der Waals surface area contributed by atoms with Gasteiger partial charge in [-0.15, -0.1) is 0 Å². The van der Waals surface area contributed by atoms with E-state index in [2.05, 4.69) is 0 Å². The summed E-state index contributed by atoms with van der Waals surface area (Å²) in [6.07, 6.45) is 0.335. The molecule has 1 aromatic carbocycles. The minimum atomic E-state index is -0.914. The summed E-state index contributed by atoms with van der Waals surface area (Å²) in [5, 5.41) is 10.1. The van der Waals surface area contributed by atoms with Crippen LogP contribution in [0.4, 0.5) is 4.79 Å². The number of methoxy groups -OCH3 is 1. The number of aryl methyl sites for hydroxylation is 1. The van der Waals surface area contributed by atoms with Crippen molar-refractivity contribution < 1.29 is 14.6 Å². The van der Waals surface area contributed by atoms with Crippen LogP contribution in [0.1, 0.15) is 37.5 Å². The fourth-order valence-electron chi connectivity index (χ4n) is 3.07. The fraction of sp³-hybridized carbons (Fsp3) is 0.533. The first kappa shape index (κ1) is 15.1. The molecule has 2 rings (SSSR count).